The maximum Gasteiger partial charge on any atom is 0.199 e. The minimum Gasteiger partial charge on any atom is -0.506 e. The second kappa shape index (κ2) is 7.06. The van der Waals surface area contributed by atoms with Crippen LogP contribution in [0.3, 0.4) is 0 Å². The molecule has 0 unspecified atom stereocenters. The van der Waals surface area contributed by atoms with Crippen molar-refractivity contribution in [2.45, 2.75) is 13.3 Å². The Morgan fingerprint density at radius 3 is 2.65 bits per heavy atom. The lowest BCUT2D eigenvalue weighted by atomic mass is 10.1. The maximum atomic E-state index is 12.4. The van der Waals surface area contributed by atoms with Gasteiger partial charge in [0.05, 0.1) is 18.8 Å². The SMILES string of the molecule is CC(=NCCCN1CCOCC1)C1=C(O)c2ccccc2C1=O. The summed E-state index contributed by atoms with van der Waals surface area (Å²) in [5.74, 6) is -0.0763. The van der Waals surface area contributed by atoms with Crippen LogP contribution in [-0.4, -0.2) is 60.9 Å². The number of fused-ring (bicyclic) bond motifs is 1. The van der Waals surface area contributed by atoms with Crippen molar-refractivity contribution in [2.24, 2.45) is 4.99 Å². The summed E-state index contributed by atoms with van der Waals surface area (Å²) < 4.78 is 5.33. The fourth-order valence-corrected chi connectivity index (χ4v) is 3.05. The molecule has 0 spiro atoms. The highest BCUT2D eigenvalue weighted by Gasteiger charge is 2.30. The third-order valence-corrected chi connectivity index (χ3v) is 4.34. The van der Waals surface area contributed by atoms with Crippen molar-refractivity contribution >= 4 is 17.3 Å². The first-order valence-electron chi connectivity index (χ1n) is 8.07. The van der Waals surface area contributed by atoms with Gasteiger partial charge in [-0.25, -0.2) is 0 Å². The van der Waals surface area contributed by atoms with Crippen LogP contribution in [0.5, 0.6) is 0 Å². The van der Waals surface area contributed by atoms with Gasteiger partial charge in [0.15, 0.2) is 5.78 Å². The molecule has 1 aliphatic carbocycles. The van der Waals surface area contributed by atoms with Gasteiger partial charge in [0.1, 0.15) is 5.76 Å². The van der Waals surface area contributed by atoms with E-state index in [9.17, 15) is 9.90 Å². The Labute approximate surface area is 136 Å². The average Bonchev–Trinajstić information content (AvgIpc) is 2.84. The first-order chi connectivity index (χ1) is 11.2. The molecular formula is C18H22N2O3. The van der Waals surface area contributed by atoms with E-state index in [4.69, 9.17) is 4.74 Å². The van der Waals surface area contributed by atoms with E-state index >= 15 is 0 Å². The number of hydrogen-bond acceptors (Lipinski definition) is 5. The first kappa shape index (κ1) is 15.9. The molecule has 23 heavy (non-hydrogen) atoms. The number of ether oxygens (including phenoxy) is 1. The van der Waals surface area contributed by atoms with Gasteiger partial charge in [-0.3, -0.25) is 14.7 Å². The Balaban J connectivity index is 1.60. The zero-order chi connectivity index (χ0) is 16.2. The molecule has 1 saturated heterocycles. The number of Topliss-reactive ketones (excluding diaryl/α,β-unsaturated/α-hetero) is 1. The van der Waals surface area contributed by atoms with E-state index in [1.807, 2.05) is 12.1 Å². The van der Waals surface area contributed by atoms with Crippen LogP contribution in [0, 0.1) is 0 Å². The molecule has 0 bridgehead atoms. The molecule has 0 amide bonds. The van der Waals surface area contributed by atoms with Gasteiger partial charge in [0.25, 0.3) is 0 Å². The van der Waals surface area contributed by atoms with Gasteiger partial charge in [0, 0.05) is 43.0 Å². The third kappa shape index (κ3) is 3.35. The van der Waals surface area contributed by atoms with Crippen molar-refractivity contribution in [3.63, 3.8) is 0 Å². The number of aliphatic hydroxyl groups excluding tert-OH is 1. The van der Waals surface area contributed by atoms with E-state index in [1.165, 1.54) is 0 Å². The topological polar surface area (TPSA) is 62.1 Å². The highest BCUT2D eigenvalue weighted by atomic mass is 16.5. The van der Waals surface area contributed by atoms with Crippen LogP contribution >= 0.6 is 0 Å². The van der Waals surface area contributed by atoms with Gasteiger partial charge in [-0.15, -0.1) is 0 Å². The number of ketones is 1. The lowest BCUT2D eigenvalue weighted by Gasteiger charge is -2.26. The molecule has 1 N–H and O–H groups in total. The number of carbonyl (C=O) groups excluding carboxylic acids is 1. The van der Waals surface area contributed by atoms with Gasteiger partial charge in [-0.1, -0.05) is 24.3 Å². The first-order valence-corrected chi connectivity index (χ1v) is 8.07. The van der Waals surface area contributed by atoms with Crippen molar-refractivity contribution in [1.82, 2.24) is 4.90 Å². The van der Waals surface area contributed by atoms with Crippen molar-refractivity contribution in [2.75, 3.05) is 39.4 Å². The predicted molar refractivity (Wildman–Crippen MR) is 90.2 cm³/mol. The molecule has 1 heterocycles. The van der Waals surface area contributed by atoms with Gasteiger partial charge in [-0.2, -0.15) is 0 Å². The molecule has 3 rings (SSSR count). The Kier molecular flexibility index (Phi) is 4.88. The molecule has 122 valence electrons. The Morgan fingerprint density at radius 1 is 1.26 bits per heavy atom. The predicted octanol–water partition coefficient (Wildman–Crippen LogP) is 2.34. The van der Waals surface area contributed by atoms with Crippen LogP contribution in [0.4, 0.5) is 0 Å². The van der Waals surface area contributed by atoms with Crippen LogP contribution in [0.15, 0.2) is 34.8 Å². The molecule has 0 saturated carbocycles. The van der Waals surface area contributed by atoms with Crippen molar-refractivity contribution in [3.05, 3.63) is 41.0 Å². The summed E-state index contributed by atoms with van der Waals surface area (Å²) in [6, 6.07) is 7.13. The minimum atomic E-state index is -0.132. The molecule has 0 radical (unpaired) electrons. The van der Waals surface area contributed by atoms with E-state index in [0.717, 1.165) is 39.3 Å². The highest BCUT2D eigenvalue weighted by molar-refractivity contribution is 6.35. The molecule has 1 aromatic rings. The molecule has 0 aromatic heterocycles. The maximum absolute atomic E-state index is 12.4. The lowest BCUT2D eigenvalue weighted by Crippen LogP contribution is -2.37. The number of aliphatic hydroxyl groups is 1. The number of aliphatic imine (C=N–C) groups is 1. The summed E-state index contributed by atoms with van der Waals surface area (Å²) >= 11 is 0. The quantitative estimate of drug-likeness (QED) is 0.669. The van der Waals surface area contributed by atoms with Gasteiger partial charge < -0.3 is 9.84 Å². The Morgan fingerprint density at radius 2 is 1.96 bits per heavy atom. The second-order valence-electron chi connectivity index (χ2n) is 5.87. The lowest BCUT2D eigenvalue weighted by molar-refractivity contribution is 0.0377. The molecule has 2 aliphatic rings. The number of carbonyl (C=O) groups is 1. The summed E-state index contributed by atoms with van der Waals surface area (Å²) in [6.45, 7) is 6.99. The van der Waals surface area contributed by atoms with E-state index in [0.29, 0.717) is 29.0 Å². The highest BCUT2D eigenvalue weighted by Crippen LogP contribution is 2.31. The van der Waals surface area contributed by atoms with E-state index in [1.54, 1.807) is 19.1 Å². The van der Waals surface area contributed by atoms with Crippen molar-refractivity contribution in [3.8, 4) is 0 Å². The summed E-state index contributed by atoms with van der Waals surface area (Å²) in [5.41, 5.74) is 2.13. The average molecular weight is 314 g/mol. The smallest absolute Gasteiger partial charge is 0.199 e. The monoisotopic (exact) mass is 314 g/mol. The van der Waals surface area contributed by atoms with E-state index in [-0.39, 0.29) is 11.5 Å². The standard InChI is InChI=1S/C18H22N2O3/c1-13(19-7-4-8-20-9-11-23-12-10-20)16-17(21)14-5-2-3-6-15(14)18(16)22/h2-3,5-6,21H,4,7-12H2,1H3. The van der Waals surface area contributed by atoms with Crippen LogP contribution in [0.2, 0.25) is 0 Å². The molecule has 0 atom stereocenters. The molecule has 1 aromatic carbocycles. The number of benzene rings is 1. The third-order valence-electron chi connectivity index (χ3n) is 4.34. The number of nitrogens with zero attached hydrogens (tertiary/aromatic N) is 2. The fraction of sp³-hybridized carbons (Fsp3) is 0.444. The van der Waals surface area contributed by atoms with E-state index in [2.05, 4.69) is 9.89 Å². The molecule has 5 heteroatoms. The zero-order valence-corrected chi connectivity index (χ0v) is 13.4. The molecule has 1 aliphatic heterocycles. The Bertz CT molecular complexity index is 658. The summed E-state index contributed by atoms with van der Waals surface area (Å²) in [6.07, 6.45) is 0.937. The molecular weight excluding hydrogens is 292 g/mol. The summed E-state index contributed by atoms with van der Waals surface area (Å²) in [4.78, 5) is 19.3. The van der Waals surface area contributed by atoms with Gasteiger partial charge in [-0.05, 0) is 13.3 Å². The zero-order valence-electron chi connectivity index (χ0n) is 13.4. The van der Waals surface area contributed by atoms with Crippen molar-refractivity contribution < 1.29 is 14.6 Å². The van der Waals surface area contributed by atoms with Crippen molar-refractivity contribution in [1.29, 1.82) is 0 Å². The fourth-order valence-electron chi connectivity index (χ4n) is 3.05. The molecule has 5 nitrogen and oxygen atoms in total. The summed E-state index contributed by atoms with van der Waals surface area (Å²) in [7, 11) is 0. The van der Waals surface area contributed by atoms with Crippen LogP contribution in [0.25, 0.3) is 5.76 Å². The normalized spacial score (nSPS) is 19.3. The van der Waals surface area contributed by atoms with Crippen LogP contribution < -0.4 is 0 Å². The van der Waals surface area contributed by atoms with Gasteiger partial charge in [0.2, 0.25) is 0 Å². The number of morpholine rings is 1. The molecule has 1 fully saturated rings. The number of rotatable bonds is 5. The number of allylic oxidation sites excluding steroid dienone is 1. The minimum absolute atomic E-state index is 0.0556. The van der Waals surface area contributed by atoms with Gasteiger partial charge >= 0.3 is 0 Å². The van der Waals surface area contributed by atoms with Crippen LogP contribution in [-0.2, 0) is 4.74 Å². The largest absolute Gasteiger partial charge is 0.506 e. The number of hydrogen-bond donors (Lipinski definition) is 1. The second-order valence-corrected chi connectivity index (χ2v) is 5.87. The van der Waals surface area contributed by atoms with Crippen LogP contribution in [0.1, 0.15) is 29.3 Å². The van der Waals surface area contributed by atoms with E-state index < -0.39 is 0 Å². The summed E-state index contributed by atoms with van der Waals surface area (Å²) in [5, 5.41) is 10.3. The Hall–Kier alpha value is -1.98.